The molecule has 1 aliphatic rings. The Balaban J connectivity index is 1.59. The molecule has 5 aromatic rings. The number of rotatable bonds is 7. The van der Waals surface area contributed by atoms with Gasteiger partial charge >= 0.3 is 0 Å². The average molecular weight is 792 g/mol. The van der Waals surface area contributed by atoms with E-state index < -0.39 is 30.0 Å². The van der Waals surface area contributed by atoms with Crippen molar-refractivity contribution in [3.63, 3.8) is 0 Å². The van der Waals surface area contributed by atoms with Crippen molar-refractivity contribution in [1.29, 1.82) is 0 Å². The van der Waals surface area contributed by atoms with Gasteiger partial charge in [0.1, 0.15) is 23.0 Å². The van der Waals surface area contributed by atoms with E-state index >= 15 is 0 Å². The summed E-state index contributed by atoms with van der Waals surface area (Å²) in [6.07, 6.45) is 1.10. The van der Waals surface area contributed by atoms with E-state index in [2.05, 4.69) is 5.32 Å². The second-order valence-electron chi connectivity index (χ2n) is 13.3. The Labute approximate surface area is 316 Å². The first-order chi connectivity index (χ1) is 25.4. The van der Waals surface area contributed by atoms with Gasteiger partial charge in [0.15, 0.2) is 0 Å². The molecule has 0 heterocycles. The number of carbonyl (C=O) groups excluding carboxylic acids is 1. The molecule has 8 bridgehead atoms. The van der Waals surface area contributed by atoms with Crippen LogP contribution in [0.3, 0.4) is 0 Å². The number of hydrogen-bond acceptors (Lipinski definition) is 10. The maximum Gasteiger partial charge on any atom is 0.294 e. The van der Waals surface area contributed by atoms with Gasteiger partial charge in [-0.05, 0) is 88.5 Å². The maximum absolute atomic E-state index is 12.5. The Morgan fingerprint density at radius 3 is 1.30 bits per heavy atom. The van der Waals surface area contributed by atoms with Crippen molar-refractivity contribution in [1.82, 2.24) is 5.32 Å². The standard InChI is InChI=1S/C39H37NO11S3/c1-21-7-25-12-29-16-33(53(46,47)48)18-31(38(29)44)14-27-10-24(23-5-3-22(4-6-23)9-35(41)40-20-52-2)11-28(37(27)43)15-32-19-34(54(49,50)51)17-30(39(32)45)13-26(8-21)36(25)42/h3-8,10-11,16-19,42-45H,9,12-15,20H2,1-2H3,(H,40,41)(H,46,47,48)(H,49,50,51). The largest absolute Gasteiger partial charge is 0.507 e. The van der Waals surface area contributed by atoms with Crippen molar-refractivity contribution in [2.45, 2.75) is 48.8 Å². The molecule has 1 aliphatic carbocycles. The highest BCUT2D eigenvalue weighted by atomic mass is 32.2. The summed E-state index contributed by atoms with van der Waals surface area (Å²) < 4.78 is 70.0. The molecule has 0 aromatic heterocycles. The normalized spacial score (nSPS) is 13.0. The van der Waals surface area contributed by atoms with E-state index in [4.69, 9.17) is 0 Å². The summed E-state index contributed by atoms with van der Waals surface area (Å²) in [5.41, 5.74) is 3.66. The lowest BCUT2D eigenvalue weighted by Gasteiger charge is -2.19. The van der Waals surface area contributed by atoms with Crippen LogP contribution in [0.2, 0.25) is 0 Å². The van der Waals surface area contributed by atoms with Crippen LogP contribution in [0.15, 0.2) is 82.6 Å². The highest BCUT2D eigenvalue weighted by Crippen LogP contribution is 2.41. The van der Waals surface area contributed by atoms with E-state index in [0.717, 1.165) is 29.8 Å². The molecule has 0 saturated carbocycles. The number of nitrogens with one attached hydrogen (secondary N) is 1. The summed E-state index contributed by atoms with van der Waals surface area (Å²) in [7, 11) is -9.57. The zero-order chi connectivity index (χ0) is 39.1. The molecule has 0 saturated heterocycles. The number of phenols is 4. The number of thioether (sulfide) groups is 1. The molecule has 15 heteroatoms. The minimum atomic E-state index is -4.78. The number of carbonyl (C=O) groups is 1. The van der Waals surface area contributed by atoms with E-state index in [1.165, 1.54) is 11.8 Å². The SMILES string of the molecule is CSCNC(=O)Cc1ccc(-c2cc3c(O)c(c2)Cc2cc(S(=O)(=O)O)cc(c2O)Cc2cc(C)cc(c2O)Cc2cc(S(=O)(=O)O)cc(c2O)C3)cc1. The lowest BCUT2D eigenvalue weighted by atomic mass is 9.89. The third kappa shape index (κ3) is 8.35. The molecule has 1 amide bonds. The minimum Gasteiger partial charge on any atom is -0.507 e. The van der Waals surface area contributed by atoms with Crippen LogP contribution in [0.25, 0.3) is 11.1 Å². The van der Waals surface area contributed by atoms with Crippen LogP contribution in [0, 0.1) is 6.92 Å². The number of hydrogen-bond donors (Lipinski definition) is 7. The smallest absolute Gasteiger partial charge is 0.294 e. The van der Waals surface area contributed by atoms with Crippen LogP contribution in [0.5, 0.6) is 23.0 Å². The molecule has 7 N–H and O–H groups in total. The van der Waals surface area contributed by atoms with Gasteiger partial charge in [-0.1, -0.05) is 42.0 Å². The van der Waals surface area contributed by atoms with Crippen molar-refractivity contribution < 1.29 is 51.2 Å². The fourth-order valence-corrected chi connectivity index (χ4v) is 8.20. The highest BCUT2D eigenvalue weighted by molar-refractivity contribution is 7.98. The van der Waals surface area contributed by atoms with Crippen LogP contribution in [-0.2, 0) is 57.1 Å². The predicted octanol–water partition coefficient (Wildman–Crippen LogP) is 5.63. The van der Waals surface area contributed by atoms with Gasteiger partial charge in [0.25, 0.3) is 20.2 Å². The molecular formula is C39H37NO11S3. The van der Waals surface area contributed by atoms with Gasteiger partial charge in [-0.15, -0.1) is 11.8 Å². The zero-order valence-electron chi connectivity index (χ0n) is 29.1. The highest BCUT2D eigenvalue weighted by Gasteiger charge is 2.25. The maximum atomic E-state index is 12.5. The first-order valence-electron chi connectivity index (χ1n) is 16.6. The fraction of sp³-hybridized carbons (Fsp3) is 0.205. The molecule has 12 nitrogen and oxygen atoms in total. The van der Waals surface area contributed by atoms with E-state index in [-0.39, 0.29) is 106 Å². The molecule has 282 valence electrons. The molecule has 0 atom stereocenters. The topological polar surface area (TPSA) is 219 Å². The van der Waals surface area contributed by atoms with E-state index in [0.29, 0.717) is 22.6 Å². The monoisotopic (exact) mass is 791 g/mol. The molecular weight excluding hydrogens is 755 g/mol. The van der Waals surface area contributed by atoms with Gasteiger partial charge in [0, 0.05) is 47.9 Å². The zero-order valence-corrected chi connectivity index (χ0v) is 31.6. The van der Waals surface area contributed by atoms with Crippen LogP contribution >= 0.6 is 11.8 Å². The van der Waals surface area contributed by atoms with Crippen LogP contribution < -0.4 is 5.32 Å². The number of aromatic hydroxyl groups is 4. The molecule has 0 spiro atoms. The number of amides is 1. The van der Waals surface area contributed by atoms with Crippen molar-refractivity contribution in [2.75, 3.05) is 12.1 Å². The van der Waals surface area contributed by atoms with Gasteiger partial charge in [-0.25, -0.2) is 0 Å². The average Bonchev–Trinajstić information content (AvgIpc) is 3.09. The molecule has 54 heavy (non-hydrogen) atoms. The number of benzene rings is 5. The first-order valence-corrected chi connectivity index (χ1v) is 20.8. The summed E-state index contributed by atoms with van der Waals surface area (Å²) in [6, 6.07) is 17.9. The summed E-state index contributed by atoms with van der Waals surface area (Å²) in [4.78, 5) is 11.3. The van der Waals surface area contributed by atoms with Crippen molar-refractivity contribution in [3.8, 4) is 34.1 Å². The molecule has 6 rings (SSSR count). The quantitative estimate of drug-likeness (QED) is 0.0773. The van der Waals surface area contributed by atoms with Gasteiger partial charge < -0.3 is 25.7 Å². The number of aryl methyl sites for hydroxylation is 1. The molecule has 5 aromatic carbocycles. The molecule has 0 fully saturated rings. The van der Waals surface area contributed by atoms with Crippen LogP contribution in [0.4, 0.5) is 0 Å². The molecule has 0 unspecified atom stereocenters. The lowest BCUT2D eigenvalue weighted by molar-refractivity contribution is -0.120. The van der Waals surface area contributed by atoms with Crippen LogP contribution in [0.1, 0.15) is 55.6 Å². The summed E-state index contributed by atoms with van der Waals surface area (Å²) in [5, 5.41) is 49.1. The Morgan fingerprint density at radius 2 is 0.944 bits per heavy atom. The van der Waals surface area contributed by atoms with Crippen molar-refractivity contribution in [3.05, 3.63) is 128 Å². The van der Waals surface area contributed by atoms with Gasteiger partial charge in [-0.2, -0.15) is 16.8 Å². The van der Waals surface area contributed by atoms with E-state index in [1.807, 2.05) is 6.26 Å². The second kappa shape index (κ2) is 15.0. The third-order valence-electron chi connectivity index (χ3n) is 9.35. The Bertz CT molecular complexity index is 2400. The fourth-order valence-electron chi connectivity index (χ4n) is 6.73. The second-order valence-corrected chi connectivity index (χ2v) is 17.0. The van der Waals surface area contributed by atoms with Crippen LogP contribution in [-0.4, -0.2) is 64.4 Å². The predicted molar refractivity (Wildman–Crippen MR) is 204 cm³/mol. The molecule has 0 aliphatic heterocycles. The lowest BCUT2D eigenvalue weighted by Crippen LogP contribution is -2.24. The van der Waals surface area contributed by atoms with Gasteiger partial charge in [0.2, 0.25) is 5.91 Å². The summed E-state index contributed by atoms with van der Waals surface area (Å²) in [5.74, 6) is -0.896. The third-order valence-corrected chi connectivity index (χ3v) is 11.4. The number of phenolic OH excluding ortho intramolecular Hbond substituents is 4. The van der Waals surface area contributed by atoms with Gasteiger partial charge in [0.05, 0.1) is 22.1 Å². The summed E-state index contributed by atoms with van der Waals surface area (Å²) >= 11 is 1.48. The summed E-state index contributed by atoms with van der Waals surface area (Å²) in [6.45, 7) is 1.73. The van der Waals surface area contributed by atoms with Gasteiger partial charge in [-0.3, -0.25) is 13.9 Å². The van der Waals surface area contributed by atoms with Crippen molar-refractivity contribution >= 4 is 37.9 Å². The first kappa shape index (κ1) is 38.7. The number of fused-ring (bicyclic) bond motifs is 8. The minimum absolute atomic E-state index is 0.0306. The Kier molecular flexibility index (Phi) is 10.7. The Morgan fingerprint density at radius 1 is 0.593 bits per heavy atom. The Hall–Kier alpha value is -5.06. The van der Waals surface area contributed by atoms with Crippen molar-refractivity contribution in [2.24, 2.45) is 0 Å². The molecule has 0 radical (unpaired) electrons. The van der Waals surface area contributed by atoms with E-state index in [9.17, 15) is 51.2 Å². The van der Waals surface area contributed by atoms with E-state index in [1.54, 1.807) is 55.5 Å².